The van der Waals surface area contributed by atoms with Crippen LogP contribution in [0.15, 0.2) is 11.4 Å². The second-order valence-corrected chi connectivity index (χ2v) is 4.99. The molecule has 17 heavy (non-hydrogen) atoms. The zero-order valence-electron chi connectivity index (χ0n) is 10.7. The van der Waals surface area contributed by atoms with Crippen molar-refractivity contribution < 1.29 is 5.11 Å². The maximum absolute atomic E-state index is 8.73. The number of aliphatic hydroxyl groups is 1. The number of rotatable bonds is 6. The van der Waals surface area contributed by atoms with Gasteiger partial charge in [-0.2, -0.15) is 0 Å². The molecule has 0 atom stereocenters. The van der Waals surface area contributed by atoms with Crippen LogP contribution in [0.5, 0.6) is 0 Å². The third-order valence-corrected chi connectivity index (χ3v) is 3.40. The van der Waals surface area contributed by atoms with E-state index in [1.54, 1.807) is 11.3 Å². The third kappa shape index (κ3) is 4.91. The van der Waals surface area contributed by atoms with Crippen LogP contribution in [0.4, 0.5) is 0 Å². The molecule has 0 aromatic carbocycles. The summed E-state index contributed by atoms with van der Waals surface area (Å²) < 4.78 is 0. The smallest absolute Gasteiger partial charge is 0.104 e. The van der Waals surface area contributed by atoms with Gasteiger partial charge in [-0.25, -0.2) is 0 Å². The lowest BCUT2D eigenvalue weighted by Gasteiger charge is -2.20. The maximum Gasteiger partial charge on any atom is 0.104 e. The number of thiophene rings is 1. The van der Waals surface area contributed by atoms with Crippen LogP contribution in [-0.4, -0.2) is 29.7 Å². The van der Waals surface area contributed by atoms with Gasteiger partial charge in [0.1, 0.15) is 6.61 Å². The van der Waals surface area contributed by atoms with E-state index in [1.807, 2.05) is 6.07 Å². The van der Waals surface area contributed by atoms with E-state index >= 15 is 0 Å². The Bertz CT molecular complexity index is 369. The van der Waals surface area contributed by atoms with Crippen LogP contribution in [0.25, 0.3) is 0 Å². The molecule has 0 aliphatic rings. The number of hydrogen-bond donors (Lipinski definition) is 1. The molecule has 1 aromatic heterocycles. The number of hydrogen-bond acceptors (Lipinski definition) is 3. The van der Waals surface area contributed by atoms with E-state index in [9.17, 15) is 0 Å². The molecule has 0 bridgehead atoms. The second kappa shape index (κ2) is 8.30. The summed E-state index contributed by atoms with van der Waals surface area (Å²) in [6, 6.07) is 2.04. The van der Waals surface area contributed by atoms with Gasteiger partial charge in [-0.3, -0.25) is 4.90 Å². The molecular weight excluding hydrogens is 230 g/mol. The van der Waals surface area contributed by atoms with Crippen molar-refractivity contribution >= 4 is 11.3 Å². The van der Waals surface area contributed by atoms with Gasteiger partial charge < -0.3 is 5.11 Å². The topological polar surface area (TPSA) is 23.5 Å². The third-order valence-electron chi connectivity index (χ3n) is 2.49. The first-order valence-electron chi connectivity index (χ1n) is 6.20. The van der Waals surface area contributed by atoms with Crippen LogP contribution in [0.2, 0.25) is 0 Å². The molecule has 2 nitrogen and oxygen atoms in total. The fourth-order valence-electron chi connectivity index (χ4n) is 1.81. The van der Waals surface area contributed by atoms with Crippen LogP contribution in [0.1, 0.15) is 37.1 Å². The highest BCUT2D eigenvalue weighted by atomic mass is 32.1. The van der Waals surface area contributed by atoms with Crippen molar-refractivity contribution in [3.63, 3.8) is 0 Å². The van der Waals surface area contributed by atoms with Crippen molar-refractivity contribution in [1.29, 1.82) is 0 Å². The van der Waals surface area contributed by atoms with Crippen LogP contribution in [0.3, 0.4) is 0 Å². The Labute approximate surface area is 108 Å². The monoisotopic (exact) mass is 251 g/mol. The lowest BCUT2D eigenvalue weighted by Crippen LogP contribution is -2.24. The summed E-state index contributed by atoms with van der Waals surface area (Å²) >= 11 is 1.75. The van der Waals surface area contributed by atoms with Crippen molar-refractivity contribution in [1.82, 2.24) is 4.90 Å². The summed E-state index contributed by atoms with van der Waals surface area (Å²) in [5.41, 5.74) is 1.07. The van der Waals surface area contributed by atoms with Crippen LogP contribution in [0, 0.1) is 11.8 Å². The maximum atomic E-state index is 8.73. The Hall–Kier alpha value is -0.820. The molecule has 0 aliphatic carbocycles. The minimum atomic E-state index is -0.0665. The summed E-state index contributed by atoms with van der Waals surface area (Å²) in [5.74, 6) is 5.74. The average molecular weight is 251 g/mol. The van der Waals surface area contributed by atoms with Gasteiger partial charge in [0, 0.05) is 17.0 Å². The minimum Gasteiger partial charge on any atom is -0.384 e. The summed E-state index contributed by atoms with van der Waals surface area (Å²) in [7, 11) is 0. The first kappa shape index (κ1) is 14.2. The molecule has 0 saturated heterocycles. The summed E-state index contributed by atoms with van der Waals surface area (Å²) in [6.45, 7) is 7.61. The molecule has 0 saturated carbocycles. The predicted octanol–water partition coefficient (Wildman–Crippen LogP) is 2.71. The quantitative estimate of drug-likeness (QED) is 0.786. The highest BCUT2D eigenvalue weighted by Crippen LogP contribution is 2.18. The van der Waals surface area contributed by atoms with Gasteiger partial charge in [0.2, 0.25) is 0 Å². The normalized spacial score (nSPS) is 10.4. The van der Waals surface area contributed by atoms with E-state index < -0.39 is 0 Å². The van der Waals surface area contributed by atoms with Gasteiger partial charge in [-0.1, -0.05) is 25.7 Å². The summed E-state index contributed by atoms with van der Waals surface area (Å²) in [4.78, 5) is 3.78. The Morgan fingerprint density at radius 2 is 2.00 bits per heavy atom. The zero-order valence-corrected chi connectivity index (χ0v) is 11.5. The van der Waals surface area contributed by atoms with Crippen molar-refractivity contribution in [3.05, 3.63) is 21.9 Å². The molecular formula is C14H21NOS. The second-order valence-electron chi connectivity index (χ2n) is 3.99. The van der Waals surface area contributed by atoms with E-state index in [1.165, 1.54) is 17.7 Å². The lowest BCUT2D eigenvalue weighted by molar-refractivity contribution is 0.268. The molecule has 0 spiro atoms. The summed E-state index contributed by atoms with van der Waals surface area (Å²) in [5, 5.41) is 10.8. The number of aliphatic hydroxyl groups excluding tert-OH is 1. The molecule has 94 valence electrons. The van der Waals surface area contributed by atoms with Crippen molar-refractivity contribution in [3.8, 4) is 11.8 Å². The largest absolute Gasteiger partial charge is 0.384 e. The van der Waals surface area contributed by atoms with Gasteiger partial charge in [-0.15, -0.1) is 11.3 Å². The van der Waals surface area contributed by atoms with E-state index in [0.29, 0.717) is 0 Å². The van der Waals surface area contributed by atoms with E-state index in [0.717, 1.165) is 25.2 Å². The minimum absolute atomic E-state index is 0.0665. The highest BCUT2D eigenvalue weighted by Gasteiger charge is 2.08. The molecule has 0 fully saturated rings. The fourth-order valence-corrected chi connectivity index (χ4v) is 2.69. The van der Waals surface area contributed by atoms with Gasteiger partial charge in [-0.05, 0) is 37.4 Å². The van der Waals surface area contributed by atoms with Gasteiger partial charge in [0.25, 0.3) is 0 Å². The highest BCUT2D eigenvalue weighted by molar-refractivity contribution is 7.10. The lowest BCUT2D eigenvalue weighted by atomic mass is 10.2. The molecule has 1 aromatic rings. The first-order chi connectivity index (χ1) is 8.31. The SMILES string of the molecule is CCCN(CCC)Cc1sccc1C#CCO. The molecule has 0 aliphatic heterocycles. The van der Waals surface area contributed by atoms with Crippen molar-refractivity contribution in [2.24, 2.45) is 0 Å². The molecule has 0 unspecified atom stereocenters. The molecule has 1 heterocycles. The molecule has 0 amide bonds. The average Bonchev–Trinajstić information content (AvgIpc) is 2.74. The molecule has 1 rings (SSSR count). The summed E-state index contributed by atoms with van der Waals surface area (Å²) in [6.07, 6.45) is 2.37. The van der Waals surface area contributed by atoms with E-state index in [2.05, 4.69) is 36.0 Å². The van der Waals surface area contributed by atoms with Crippen molar-refractivity contribution in [2.45, 2.75) is 33.2 Å². The van der Waals surface area contributed by atoms with E-state index in [4.69, 9.17) is 5.11 Å². The van der Waals surface area contributed by atoms with Crippen LogP contribution < -0.4 is 0 Å². The Balaban J connectivity index is 2.68. The Morgan fingerprint density at radius 3 is 2.59 bits per heavy atom. The fraction of sp³-hybridized carbons (Fsp3) is 0.571. The van der Waals surface area contributed by atoms with Gasteiger partial charge >= 0.3 is 0 Å². The van der Waals surface area contributed by atoms with Crippen LogP contribution >= 0.6 is 11.3 Å². The molecule has 0 radical (unpaired) electrons. The number of nitrogens with zero attached hydrogens (tertiary/aromatic N) is 1. The predicted molar refractivity (Wildman–Crippen MR) is 74.1 cm³/mol. The molecule has 1 N–H and O–H groups in total. The Kier molecular flexibility index (Phi) is 6.95. The van der Waals surface area contributed by atoms with Gasteiger partial charge in [0.05, 0.1) is 0 Å². The zero-order chi connectivity index (χ0) is 12.5. The van der Waals surface area contributed by atoms with E-state index in [-0.39, 0.29) is 6.61 Å². The van der Waals surface area contributed by atoms with Crippen molar-refractivity contribution in [2.75, 3.05) is 19.7 Å². The van der Waals surface area contributed by atoms with Crippen LogP contribution in [-0.2, 0) is 6.54 Å². The first-order valence-corrected chi connectivity index (χ1v) is 7.08. The standard InChI is InChI=1S/C14H21NOS/c1-3-8-15(9-4-2)12-14-13(6-5-10-16)7-11-17-14/h7,11,16H,3-4,8-10,12H2,1-2H3. The van der Waals surface area contributed by atoms with Gasteiger partial charge in [0.15, 0.2) is 0 Å². The molecule has 3 heteroatoms. The Morgan fingerprint density at radius 1 is 1.29 bits per heavy atom.